The summed E-state index contributed by atoms with van der Waals surface area (Å²) in [4.78, 5) is 0. The Hall–Kier alpha value is -1.09. The first kappa shape index (κ1) is 15.3. The van der Waals surface area contributed by atoms with Crippen molar-refractivity contribution in [2.45, 2.75) is 45.6 Å². The first-order valence-electron chi connectivity index (χ1n) is 7.67. The summed E-state index contributed by atoms with van der Waals surface area (Å²) in [5.41, 5.74) is 1.08. The molecule has 2 rings (SSSR count). The average molecular weight is 279 g/mol. The summed E-state index contributed by atoms with van der Waals surface area (Å²) in [5, 5.41) is 3.58. The van der Waals surface area contributed by atoms with Crippen molar-refractivity contribution in [3.63, 3.8) is 0 Å². The Morgan fingerprint density at radius 2 is 2.20 bits per heavy atom. The van der Waals surface area contributed by atoms with Crippen LogP contribution in [0.3, 0.4) is 0 Å². The van der Waals surface area contributed by atoms with Gasteiger partial charge in [-0.25, -0.2) is 4.39 Å². The first-order chi connectivity index (χ1) is 9.60. The molecule has 112 valence electrons. The number of methoxy groups -OCH3 is 1. The second-order valence-corrected chi connectivity index (χ2v) is 6.16. The molecule has 0 radical (unpaired) electrons. The van der Waals surface area contributed by atoms with Crippen molar-refractivity contribution in [1.29, 1.82) is 0 Å². The van der Waals surface area contributed by atoms with E-state index in [9.17, 15) is 4.39 Å². The molecular formula is C17H26FNO. The van der Waals surface area contributed by atoms with Crippen molar-refractivity contribution in [3.8, 4) is 5.75 Å². The molecule has 1 fully saturated rings. The summed E-state index contributed by atoms with van der Waals surface area (Å²) in [6.07, 6.45) is 5.39. The zero-order chi connectivity index (χ0) is 14.5. The molecular weight excluding hydrogens is 253 g/mol. The van der Waals surface area contributed by atoms with Crippen LogP contribution in [0, 0.1) is 17.7 Å². The maximum absolute atomic E-state index is 13.4. The fraction of sp³-hybridized carbons (Fsp3) is 0.647. The molecule has 3 heteroatoms. The molecule has 1 aromatic carbocycles. The maximum Gasteiger partial charge on any atom is 0.165 e. The largest absolute Gasteiger partial charge is 0.494 e. The highest BCUT2D eigenvalue weighted by Gasteiger charge is 2.19. The Labute approximate surface area is 121 Å². The first-order valence-corrected chi connectivity index (χ1v) is 7.67. The monoisotopic (exact) mass is 279 g/mol. The predicted molar refractivity (Wildman–Crippen MR) is 80.5 cm³/mol. The summed E-state index contributed by atoms with van der Waals surface area (Å²) >= 11 is 0. The van der Waals surface area contributed by atoms with Crippen LogP contribution in [0.2, 0.25) is 0 Å². The van der Waals surface area contributed by atoms with Gasteiger partial charge in [-0.15, -0.1) is 0 Å². The Balaban J connectivity index is 1.89. The van der Waals surface area contributed by atoms with E-state index in [2.05, 4.69) is 19.2 Å². The van der Waals surface area contributed by atoms with E-state index in [-0.39, 0.29) is 11.9 Å². The van der Waals surface area contributed by atoms with Gasteiger partial charge in [-0.1, -0.05) is 25.8 Å². The van der Waals surface area contributed by atoms with Gasteiger partial charge in [0.15, 0.2) is 11.6 Å². The van der Waals surface area contributed by atoms with Crippen LogP contribution in [0.5, 0.6) is 5.75 Å². The summed E-state index contributed by atoms with van der Waals surface area (Å²) in [6.45, 7) is 5.52. The fourth-order valence-electron chi connectivity index (χ4n) is 3.15. The van der Waals surface area contributed by atoms with Crippen molar-refractivity contribution in [1.82, 2.24) is 5.32 Å². The van der Waals surface area contributed by atoms with Crippen LogP contribution < -0.4 is 10.1 Å². The van der Waals surface area contributed by atoms with Crippen LogP contribution in [0.15, 0.2) is 18.2 Å². The molecule has 2 nitrogen and oxygen atoms in total. The Bertz CT molecular complexity index is 435. The van der Waals surface area contributed by atoms with E-state index in [1.165, 1.54) is 38.9 Å². The number of ether oxygens (including phenoxy) is 1. The SMILES string of the molecule is COc1cc(C(C)NCC2CCCC(C)C2)ccc1F. The summed E-state index contributed by atoms with van der Waals surface area (Å²) in [7, 11) is 1.50. The van der Waals surface area contributed by atoms with E-state index in [1.807, 2.05) is 6.07 Å². The van der Waals surface area contributed by atoms with Crippen LogP contribution in [0.25, 0.3) is 0 Å². The zero-order valence-electron chi connectivity index (χ0n) is 12.8. The van der Waals surface area contributed by atoms with Crippen LogP contribution in [-0.2, 0) is 0 Å². The molecule has 1 saturated carbocycles. The lowest BCUT2D eigenvalue weighted by Crippen LogP contribution is -2.28. The lowest BCUT2D eigenvalue weighted by Gasteiger charge is -2.28. The third-order valence-electron chi connectivity index (χ3n) is 4.43. The van der Waals surface area contributed by atoms with Gasteiger partial charge in [-0.05, 0) is 55.8 Å². The maximum atomic E-state index is 13.4. The number of hydrogen-bond donors (Lipinski definition) is 1. The highest BCUT2D eigenvalue weighted by Crippen LogP contribution is 2.29. The van der Waals surface area contributed by atoms with Gasteiger partial charge in [0.25, 0.3) is 0 Å². The fourth-order valence-corrected chi connectivity index (χ4v) is 3.15. The van der Waals surface area contributed by atoms with E-state index in [1.54, 1.807) is 6.07 Å². The van der Waals surface area contributed by atoms with Gasteiger partial charge in [0.05, 0.1) is 7.11 Å². The van der Waals surface area contributed by atoms with Gasteiger partial charge in [-0.2, -0.15) is 0 Å². The van der Waals surface area contributed by atoms with E-state index in [0.717, 1.165) is 23.9 Å². The summed E-state index contributed by atoms with van der Waals surface area (Å²) in [6, 6.07) is 5.33. The van der Waals surface area contributed by atoms with Gasteiger partial charge in [0, 0.05) is 6.04 Å². The Morgan fingerprint density at radius 3 is 2.90 bits per heavy atom. The molecule has 1 aromatic rings. The summed E-state index contributed by atoms with van der Waals surface area (Å²) in [5.74, 6) is 1.66. The van der Waals surface area contributed by atoms with Gasteiger partial charge in [-0.3, -0.25) is 0 Å². The average Bonchev–Trinajstić information content (AvgIpc) is 2.45. The Kier molecular flexibility index (Phi) is 5.41. The third-order valence-corrected chi connectivity index (χ3v) is 4.43. The minimum atomic E-state index is -0.301. The van der Waals surface area contributed by atoms with Crippen molar-refractivity contribution in [2.24, 2.45) is 11.8 Å². The molecule has 1 aliphatic carbocycles. The highest BCUT2D eigenvalue weighted by atomic mass is 19.1. The van der Waals surface area contributed by atoms with E-state index in [4.69, 9.17) is 4.74 Å². The van der Waals surface area contributed by atoms with Gasteiger partial charge >= 0.3 is 0 Å². The molecule has 0 amide bonds. The second-order valence-electron chi connectivity index (χ2n) is 6.16. The molecule has 3 unspecified atom stereocenters. The van der Waals surface area contributed by atoms with Crippen molar-refractivity contribution in [2.75, 3.05) is 13.7 Å². The number of rotatable bonds is 5. The van der Waals surface area contributed by atoms with Crippen LogP contribution in [0.4, 0.5) is 4.39 Å². The molecule has 1 aliphatic rings. The minimum Gasteiger partial charge on any atom is -0.494 e. The van der Waals surface area contributed by atoms with E-state index < -0.39 is 0 Å². The standard InChI is InChI=1S/C17H26FNO/c1-12-5-4-6-14(9-12)11-19-13(2)15-7-8-16(18)17(10-15)20-3/h7-8,10,12-14,19H,4-6,9,11H2,1-3H3. The number of benzene rings is 1. The quantitative estimate of drug-likeness (QED) is 0.867. The summed E-state index contributed by atoms with van der Waals surface area (Å²) < 4.78 is 18.4. The van der Waals surface area contributed by atoms with E-state index >= 15 is 0 Å². The van der Waals surface area contributed by atoms with E-state index in [0.29, 0.717) is 5.75 Å². The Morgan fingerprint density at radius 1 is 1.40 bits per heavy atom. The van der Waals surface area contributed by atoms with Crippen LogP contribution in [-0.4, -0.2) is 13.7 Å². The minimum absolute atomic E-state index is 0.224. The zero-order valence-corrected chi connectivity index (χ0v) is 12.8. The molecule has 0 aliphatic heterocycles. The number of nitrogens with one attached hydrogen (secondary N) is 1. The number of halogens is 1. The predicted octanol–water partition coefficient (Wildman–Crippen LogP) is 4.31. The van der Waals surface area contributed by atoms with Crippen LogP contribution >= 0.6 is 0 Å². The van der Waals surface area contributed by atoms with Crippen molar-refractivity contribution in [3.05, 3.63) is 29.6 Å². The molecule has 3 atom stereocenters. The molecule has 0 saturated heterocycles. The number of hydrogen-bond acceptors (Lipinski definition) is 2. The van der Waals surface area contributed by atoms with Crippen LogP contribution in [0.1, 0.15) is 51.1 Å². The molecule has 1 N–H and O–H groups in total. The smallest absolute Gasteiger partial charge is 0.165 e. The lowest BCUT2D eigenvalue weighted by molar-refractivity contribution is 0.268. The highest BCUT2D eigenvalue weighted by molar-refractivity contribution is 5.31. The molecule has 20 heavy (non-hydrogen) atoms. The van der Waals surface area contributed by atoms with Gasteiger partial charge in [0.2, 0.25) is 0 Å². The van der Waals surface area contributed by atoms with Crippen molar-refractivity contribution < 1.29 is 9.13 Å². The van der Waals surface area contributed by atoms with Gasteiger partial charge in [0.1, 0.15) is 0 Å². The molecule has 0 aromatic heterocycles. The molecule has 0 bridgehead atoms. The normalized spacial score (nSPS) is 24.4. The second kappa shape index (κ2) is 7.07. The topological polar surface area (TPSA) is 21.3 Å². The lowest BCUT2D eigenvalue weighted by atomic mass is 9.82. The third kappa shape index (κ3) is 3.95. The molecule has 0 heterocycles. The molecule has 0 spiro atoms. The van der Waals surface area contributed by atoms with Crippen molar-refractivity contribution >= 4 is 0 Å². The van der Waals surface area contributed by atoms with Gasteiger partial charge < -0.3 is 10.1 Å².